The molecule has 2 aromatic carbocycles. The quantitative estimate of drug-likeness (QED) is 0.580. The molecule has 1 aliphatic rings. The lowest BCUT2D eigenvalue weighted by molar-refractivity contribution is 0.0782. The number of ether oxygens (including phenoxy) is 2. The molecule has 0 fully saturated rings. The average molecular weight is 443 g/mol. The molecule has 0 spiro atoms. The highest BCUT2D eigenvalue weighted by molar-refractivity contribution is 6.31. The zero-order valence-electron chi connectivity index (χ0n) is 17.4. The fourth-order valence-corrected chi connectivity index (χ4v) is 3.53. The highest BCUT2D eigenvalue weighted by Gasteiger charge is 2.34. The Morgan fingerprint density at radius 1 is 1.26 bits per heavy atom. The Balaban J connectivity index is 1.67. The fourth-order valence-electron chi connectivity index (χ4n) is 3.40. The van der Waals surface area contributed by atoms with Gasteiger partial charge in [0.15, 0.2) is 0 Å². The Hall–Kier alpha value is -3.39. The minimum Gasteiger partial charge on any atom is -0.495 e. The minimum atomic E-state index is -0.398. The van der Waals surface area contributed by atoms with E-state index in [1.807, 2.05) is 19.1 Å². The molecule has 1 atom stereocenters. The van der Waals surface area contributed by atoms with Crippen molar-refractivity contribution < 1.29 is 18.7 Å². The lowest BCUT2D eigenvalue weighted by atomic mass is 10.1. The van der Waals surface area contributed by atoms with Crippen molar-refractivity contribution >= 4 is 29.1 Å². The van der Waals surface area contributed by atoms with E-state index in [0.29, 0.717) is 28.3 Å². The van der Waals surface area contributed by atoms with Gasteiger partial charge in [0.25, 0.3) is 5.91 Å². The molecular formula is C22H20ClFN4O3. The maximum atomic E-state index is 14.0. The molecule has 0 aliphatic carbocycles. The van der Waals surface area contributed by atoms with Gasteiger partial charge in [0.05, 0.1) is 30.6 Å². The van der Waals surface area contributed by atoms with Crippen molar-refractivity contribution in [2.45, 2.75) is 19.9 Å². The lowest BCUT2D eigenvalue weighted by Gasteiger charge is -2.14. The molecule has 2 heterocycles. The van der Waals surface area contributed by atoms with E-state index in [2.05, 4.69) is 15.3 Å². The van der Waals surface area contributed by atoms with Crippen molar-refractivity contribution in [3.05, 3.63) is 64.1 Å². The number of nitrogens with zero attached hydrogens (tertiary/aromatic N) is 3. The van der Waals surface area contributed by atoms with Crippen LogP contribution in [0.3, 0.4) is 0 Å². The van der Waals surface area contributed by atoms with E-state index in [-0.39, 0.29) is 28.8 Å². The maximum Gasteiger partial charge on any atom is 0.258 e. The Morgan fingerprint density at radius 2 is 2.03 bits per heavy atom. The first kappa shape index (κ1) is 20.9. The van der Waals surface area contributed by atoms with E-state index in [1.54, 1.807) is 31.0 Å². The number of carbonyl (C=O) groups excluding carboxylic acids is 1. The molecule has 1 N–H and O–H groups in total. The van der Waals surface area contributed by atoms with Crippen molar-refractivity contribution in [1.29, 1.82) is 0 Å². The molecular weight excluding hydrogens is 423 g/mol. The third kappa shape index (κ3) is 3.74. The number of benzene rings is 2. The van der Waals surface area contributed by atoms with Gasteiger partial charge < -0.3 is 19.7 Å². The van der Waals surface area contributed by atoms with Crippen molar-refractivity contribution in [2.75, 3.05) is 19.5 Å². The van der Waals surface area contributed by atoms with Crippen LogP contribution in [0.1, 0.15) is 34.5 Å². The number of aryl methyl sites for hydroxylation is 1. The molecule has 1 unspecified atom stereocenters. The molecule has 1 aromatic heterocycles. The van der Waals surface area contributed by atoms with Gasteiger partial charge in [0, 0.05) is 13.1 Å². The van der Waals surface area contributed by atoms with Gasteiger partial charge >= 0.3 is 0 Å². The SMILES string of the molecule is COc1cc(C)c(F)cc1Nc1ncc(Cl)c(Oc2cccc3c2C(=O)N(C)C3C)n1. The van der Waals surface area contributed by atoms with Crippen LogP contribution in [0, 0.1) is 12.7 Å². The normalized spacial score (nSPS) is 15.1. The van der Waals surface area contributed by atoms with Crippen LogP contribution in [-0.4, -0.2) is 34.9 Å². The van der Waals surface area contributed by atoms with Crippen LogP contribution in [0.5, 0.6) is 17.4 Å². The molecule has 0 saturated carbocycles. The topological polar surface area (TPSA) is 76.6 Å². The summed E-state index contributed by atoms with van der Waals surface area (Å²) in [6, 6.07) is 8.20. The van der Waals surface area contributed by atoms with Crippen molar-refractivity contribution in [3.63, 3.8) is 0 Å². The highest BCUT2D eigenvalue weighted by Crippen LogP contribution is 2.40. The second-order valence-corrected chi connectivity index (χ2v) is 7.60. The number of anilines is 2. The molecule has 1 amide bonds. The molecule has 3 aromatic rings. The molecule has 0 saturated heterocycles. The second kappa shape index (κ2) is 8.03. The molecule has 1 aliphatic heterocycles. The van der Waals surface area contributed by atoms with Crippen LogP contribution in [0.25, 0.3) is 0 Å². The highest BCUT2D eigenvalue weighted by atomic mass is 35.5. The van der Waals surface area contributed by atoms with E-state index in [4.69, 9.17) is 21.1 Å². The number of amides is 1. The van der Waals surface area contributed by atoms with Gasteiger partial charge in [-0.15, -0.1) is 0 Å². The third-order valence-corrected chi connectivity index (χ3v) is 5.53. The second-order valence-electron chi connectivity index (χ2n) is 7.19. The molecule has 7 nitrogen and oxygen atoms in total. The van der Waals surface area contributed by atoms with Gasteiger partial charge in [0.2, 0.25) is 11.8 Å². The monoisotopic (exact) mass is 442 g/mol. The van der Waals surface area contributed by atoms with E-state index >= 15 is 0 Å². The number of carbonyl (C=O) groups is 1. The summed E-state index contributed by atoms with van der Waals surface area (Å²) >= 11 is 6.24. The van der Waals surface area contributed by atoms with Crippen LogP contribution in [0.4, 0.5) is 16.0 Å². The first-order valence-electron chi connectivity index (χ1n) is 9.51. The number of hydrogen-bond donors (Lipinski definition) is 1. The summed E-state index contributed by atoms with van der Waals surface area (Å²) in [5.74, 6) is 0.443. The van der Waals surface area contributed by atoms with Crippen molar-refractivity contribution in [1.82, 2.24) is 14.9 Å². The summed E-state index contributed by atoms with van der Waals surface area (Å²) in [6.45, 7) is 3.59. The predicted molar refractivity (Wildman–Crippen MR) is 115 cm³/mol. The number of rotatable bonds is 5. The Labute approximate surface area is 183 Å². The van der Waals surface area contributed by atoms with Gasteiger partial charge in [-0.3, -0.25) is 4.79 Å². The van der Waals surface area contributed by atoms with E-state index in [0.717, 1.165) is 5.56 Å². The summed E-state index contributed by atoms with van der Waals surface area (Å²) in [5.41, 5.74) is 2.15. The molecule has 0 radical (unpaired) electrons. The molecule has 4 rings (SSSR count). The van der Waals surface area contributed by atoms with E-state index in [9.17, 15) is 9.18 Å². The summed E-state index contributed by atoms with van der Waals surface area (Å²) in [4.78, 5) is 22.7. The van der Waals surface area contributed by atoms with Crippen molar-refractivity contribution in [3.8, 4) is 17.4 Å². The first-order valence-corrected chi connectivity index (χ1v) is 9.89. The molecule has 0 bridgehead atoms. The number of fused-ring (bicyclic) bond motifs is 1. The number of aromatic nitrogens is 2. The summed E-state index contributed by atoms with van der Waals surface area (Å²) in [7, 11) is 3.23. The van der Waals surface area contributed by atoms with Crippen LogP contribution in [-0.2, 0) is 0 Å². The summed E-state index contributed by atoms with van der Waals surface area (Å²) in [5, 5.41) is 3.08. The average Bonchev–Trinajstić information content (AvgIpc) is 2.98. The van der Waals surface area contributed by atoms with Crippen LogP contribution in [0.15, 0.2) is 36.5 Å². The summed E-state index contributed by atoms with van der Waals surface area (Å²) in [6.07, 6.45) is 1.36. The van der Waals surface area contributed by atoms with E-state index in [1.165, 1.54) is 19.4 Å². The Morgan fingerprint density at radius 3 is 2.77 bits per heavy atom. The first-order chi connectivity index (χ1) is 14.8. The van der Waals surface area contributed by atoms with E-state index < -0.39 is 5.82 Å². The third-order valence-electron chi connectivity index (χ3n) is 5.27. The van der Waals surface area contributed by atoms with Crippen LogP contribution >= 0.6 is 11.6 Å². The number of hydrogen-bond acceptors (Lipinski definition) is 6. The van der Waals surface area contributed by atoms with Gasteiger partial charge in [0.1, 0.15) is 22.3 Å². The molecule has 31 heavy (non-hydrogen) atoms. The zero-order valence-corrected chi connectivity index (χ0v) is 18.1. The number of halogens is 2. The Bertz CT molecular complexity index is 1190. The molecule has 160 valence electrons. The smallest absolute Gasteiger partial charge is 0.258 e. The molecule has 9 heteroatoms. The zero-order chi connectivity index (χ0) is 22.3. The lowest BCUT2D eigenvalue weighted by Crippen LogP contribution is -2.21. The van der Waals surface area contributed by atoms with Crippen molar-refractivity contribution in [2.24, 2.45) is 0 Å². The van der Waals surface area contributed by atoms with Gasteiger partial charge in [-0.2, -0.15) is 4.98 Å². The van der Waals surface area contributed by atoms with Crippen LogP contribution < -0.4 is 14.8 Å². The fraction of sp³-hybridized carbons (Fsp3) is 0.227. The number of nitrogens with one attached hydrogen (secondary N) is 1. The van der Waals surface area contributed by atoms with Crippen LogP contribution in [0.2, 0.25) is 5.02 Å². The maximum absolute atomic E-state index is 14.0. The standard InChI is InChI=1S/C22H20ClFN4O3/c1-11-8-18(30-4)16(9-15(11)24)26-22-25-10-14(23)20(27-22)31-17-7-5-6-13-12(2)28(3)21(29)19(13)17/h5-10,12H,1-4H3,(H,25,26,27). The van der Waals surface area contributed by atoms with Gasteiger partial charge in [-0.25, -0.2) is 9.37 Å². The van der Waals surface area contributed by atoms with Gasteiger partial charge in [-0.05, 0) is 37.1 Å². The van der Waals surface area contributed by atoms with Gasteiger partial charge in [-0.1, -0.05) is 23.7 Å². The number of methoxy groups -OCH3 is 1. The summed E-state index contributed by atoms with van der Waals surface area (Å²) < 4.78 is 25.3. The predicted octanol–water partition coefficient (Wildman–Crippen LogP) is 5.27. The minimum absolute atomic E-state index is 0.0620. The Kier molecular flexibility index (Phi) is 5.41. The largest absolute Gasteiger partial charge is 0.495 e.